The Morgan fingerprint density at radius 2 is 2.36 bits per heavy atom. The molecule has 0 aromatic rings. The van der Waals surface area contributed by atoms with Gasteiger partial charge in [-0.05, 0) is 20.3 Å². The molecule has 1 unspecified atom stereocenters. The monoisotopic (exact) mass is 196 g/mol. The topological polar surface area (TPSA) is 32.3 Å². The second-order valence-electron chi connectivity index (χ2n) is 3.90. The van der Waals surface area contributed by atoms with Crippen LogP contribution in [0.25, 0.3) is 0 Å². The van der Waals surface area contributed by atoms with E-state index in [1.807, 2.05) is 17.9 Å². The molecule has 1 aliphatic rings. The van der Waals surface area contributed by atoms with Gasteiger partial charge in [0.15, 0.2) is 0 Å². The summed E-state index contributed by atoms with van der Waals surface area (Å²) in [7, 11) is 0. The summed E-state index contributed by atoms with van der Waals surface area (Å²) in [6.45, 7) is 8.63. The van der Waals surface area contributed by atoms with E-state index in [1.165, 1.54) is 0 Å². The number of nitrogens with one attached hydrogen (secondary N) is 1. The molecule has 1 atom stereocenters. The molecule has 1 aliphatic heterocycles. The molecule has 0 saturated carbocycles. The molecule has 14 heavy (non-hydrogen) atoms. The van der Waals surface area contributed by atoms with Gasteiger partial charge in [-0.2, -0.15) is 0 Å². The van der Waals surface area contributed by atoms with Gasteiger partial charge in [0.05, 0.1) is 0 Å². The van der Waals surface area contributed by atoms with E-state index in [0.717, 1.165) is 31.6 Å². The molecule has 1 amide bonds. The lowest BCUT2D eigenvalue weighted by Gasteiger charge is -2.32. The number of amides is 1. The molecule has 0 bridgehead atoms. The van der Waals surface area contributed by atoms with Crippen LogP contribution in [0.2, 0.25) is 0 Å². The summed E-state index contributed by atoms with van der Waals surface area (Å²) in [5.74, 6) is 0.195. The standard InChI is InChI=1S/C11H20N2O/c1-4-5-9(2)11(14)13-7-6-12-10(3)8-13/h5,10,12H,4,6-8H2,1-3H3. The third-order valence-electron chi connectivity index (χ3n) is 2.50. The van der Waals surface area contributed by atoms with Crippen LogP contribution in [0, 0.1) is 0 Å². The van der Waals surface area contributed by atoms with Crippen LogP contribution in [0.3, 0.4) is 0 Å². The van der Waals surface area contributed by atoms with Gasteiger partial charge in [-0.3, -0.25) is 4.79 Å². The van der Waals surface area contributed by atoms with Gasteiger partial charge in [0.2, 0.25) is 5.91 Å². The maximum Gasteiger partial charge on any atom is 0.249 e. The van der Waals surface area contributed by atoms with E-state index in [9.17, 15) is 4.79 Å². The fraction of sp³-hybridized carbons (Fsp3) is 0.727. The van der Waals surface area contributed by atoms with E-state index in [0.29, 0.717) is 6.04 Å². The number of hydrogen-bond donors (Lipinski definition) is 1. The Morgan fingerprint density at radius 1 is 1.64 bits per heavy atom. The molecule has 1 N–H and O–H groups in total. The molecule has 1 rings (SSSR count). The normalized spacial score (nSPS) is 23.8. The third kappa shape index (κ3) is 2.84. The number of carbonyl (C=O) groups is 1. The predicted octanol–water partition coefficient (Wildman–Crippen LogP) is 1.16. The zero-order valence-electron chi connectivity index (χ0n) is 9.34. The van der Waals surface area contributed by atoms with Crippen LogP contribution in [0.1, 0.15) is 27.2 Å². The third-order valence-corrected chi connectivity index (χ3v) is 2.50. The molecule has 0 radical (unpaired) electrons. The van der Waals surface area contributed by atoms with Crippen LogP contribution < -0.4 is 5.32 Å². The van der Waals surface area contributed by atoms with Crippen molar-refractivity contribution in [2.24, 2.45) is 0 Å². The number of allylic oxidation sites excluding steroid dienone is 1. The molecule has 0 spiro atoms. The highest BCUT2D eigenvalue weighted by Gasteiger charge is 2.20. The van der Waals surface area contributed by atoms with Gasteiger partial charge in [0.25, 0.3) is 0 Å². The zero-order valence-corrected chi connectivity index (χ0v) is 9.34. The lowest BCUT2D eigenvalue weighted by Crippen LogP contribution is -2.51. The molecule has 3 nitrogen and oxygen atoms in total. The number of nitrogens with zero attached hydrogens (tertiary/aromatic N) is 1. The van der Waals surface area contributed by atoms with E-state index >= 15 is 0 Å². The Balaban J connectivity index is 2.55. The van der Waals surface area contributed by atoms with Crippen LogP contribution in [-0.2, 0) is 4.79 Å². The first kappa shape index (κ1) is 11.2. The van der Waals surface area contributed by atoms with Crippen molar-refractivity contribution in [2.75, 3.05) is 19.6 Å². The van der Waals surface area contributed by atoms with Gasteiger partial charge < -0.3 is 10.2 Å². The van der Waals surface area contributed by atoms with Crippen molar-refractivity contribution in [3.63, 3.8) is 0 Å². The second-order valence-corrected chi connectivity index (χ2v) is 3.90. The molecule has 0 aliphatic carbocycles. The first-order chi connectivity index (χ1) is 6.65. The second kappa shape index (κ2) is 5.15. The SMILES string of the molecule is CCC=C(C)C(=O)N1CCNC(C)C1. The van der Waals surface area contributed by atoms with Crippen LogP contribution in [0.15, 0.2) is 11.6 Å². The van der Waals surface area contributed by atoms with Crippen molar-refractivity contribution in [2.45, 2.75) is 33.2 Å². The summed E-state index contributed by atoms with van der Waals surface area (Å²) >= 11 is 0. The number of hydrogen-bond acceptors (Lipinski definition) is 2. The van der Waals surface area contributed by atoms with Gasteiger partial charge >= 0.3 is 0 Å². The van der Waals surface area contributed by atoms with E-state index in [2.05, 4.69) is 19.2 Å². The van der Waals surface area contributed by atoms with Crippen LogP contribution in [0.4, 0.5) is 0 Å². The fourth-order valence-electron chi connectivity index (χ4n) is 1.76. The first-order valence-electron chi connectivity index (χ1n) is 5.34. The average molecular weight is 196 g/mol. The predicted molar refractivity (Wildman–Crippen MR) is 58.1 cm³/mol. The minimum absolute atomic E-state index is 0.195. The quantitative estimate of drug-likeness (QED) is 0.672. The minimum atomic E-state index is 0.195. The molecule has 1 saturated heterocycles. The van der Waals surface area contributed by atoms with Crippen molar-refractivity contribution >= 4 is 5.91 Å². The number of rotatable bonds is 2. The Kier molecular flexibility index (Phi) is 4.14. The van der Waals surface area contributed by atoms with Gasteiger partial charge in [-0.25, -0.2) is 0 Å². The summed E-state index contributed by atoms with van der Waals surface area (Å²) < 4.78 is 0. The average Bonchev–Trinajstić information content (AvgIpc) is 2.17. The maximum atomic E-state index is 11.9. The van der Waals surface area contributed by atoms with Crippen LogP contribution in [-0.4, -0.2) is 36.5 Å². The highest BCUT2D eigenvalue weighted by Crippen LogP contribution is 2.06. The molecule has 1 fully saturated rings. The fourth-order valence-corrected chi connectivity index (χ4v) is 1.76. The van der Waals surface area contributed by atoms with Gasteiger partial charge in [-0.15, -0.1) is 0 Å². The largest absolute Gasteiger partial charge is 0.336 e. The van der Waals surface area contributed by atoms with Crippen LogP contribution >= 0.6 is 0 Å². The smallest absolute Gasteiger partial charge is 0.249 e. The summed E-state index contributed by atoms with van der Waals surface area (Å²) in [6.07, 6.45) is 2.92. The molecule has 0 aromatic carbocycles. The highest BCUT2D eigenvalue weighted by molar-refractivity contribution is 5.92. The highest BCUT2D eigenvalue weighted by atomic mass is 16.2. The summed E-state index contributed by atoms with van der Waals surface area (Å²) in [5.41, 5.74) is 0.876. The minimum Gasteiger partial charge on any atom is -0.336 e. The van der Waals surface area contributed by atoms with Crippen molar-refractivity contribution in [3.8, 4) is 0 Å². The molecule has 0 aromatic heterocycles. The Bertz CT molecular complexity index is 235. The summed E-state index contributed by atoms with van der Waals surface area (Å²) in [4.78, 5) is 13.8. The lowest BCUT2D eigenvalue weighted by atomic mass is 10.1. The van der Waals surface area contributed by atoms with Crippen molar-refractivity contribution in [1.29, 1.82) is 0 Å². The molecule has 3 heteroatoms. The first-order valence-corrected chi connectivity index (χ1v) is 5.34. The van der Waals surface area contributed by atoms with Gasteiger partial charge in [-0.1, -0.05) is 13.0 Å². The van der Waals surface area contributed by atoms with E-state index in [4.69, 9.17) is 0 Å². The summed E-state index contributed by atoms with van der Waals surface area (Å²) in [6, 6.07) is 0.419. The van der Waals surface area contributed by atoms with Gasteiger partial charge in [0, 0.05) is 31.2 Å². The Labute approximate surface area is 86.2 Å². The van der Waals surface area contributed by atoms with Crippen molar-refractivity contribution in [1.82, 2.24) is 10.2 Å². The van der Waals surface area contributed by atoms with Crippen molar-refractivity contribution < 1.29 is 4.79 Å². The summed E-state index contributed by atoms with van der Waals surface area (Å²) in [5, 5.41) is 3.32. The molecule has 80 valence electrons. The number of piperazine rings is 1. The Morgan fingerprint density at radius 3 is 2.93 bits per heavy atom. The van der Waals surface area contributed by atoms with Crippen molar-refractivity contribution in [3.05, 3.63) is 11.6 Å². The van der Waals surface area contributed by atoms with E-state index in [1.54, 1.807) is 0 Å². The zero-order chi connectivity index (χ0) is 10.6. The van der Waals surface area contributed by atoms with E-state index < -0.39 is 0 Å². The molecular weight excluding hydrogens is 176 g/mol. The van der Waals surface area contributed by atoms with Gasteiger partial charge in [0.1, 0.15) is 0 Å². The van der Waals surface area contributed by atoms with E-state index in [-0.39, 0.29) is 5.91 Å². The molecular formula is C11H20N2O. The maximum absolute atomic E-state index is 11.9. The molecule has 1 heterocycles. The van der Waals surface area contributed by atoms with Crippen LogP contribution in [0.5, 0.6) is 0 Å². The lowest BCUT2D eigenvalue weighted by molar-refractivity contribution is -0.128. The Hall–Kier alpha value is -0.830. The number of carbonyl (C=O) groups excluding carboxylic acids is 1.